The van der Waals surface area contributed by atoms with Crippen LogP contribution in [0.4, 0.5) is 15.8 Å². The van der Waals surface area contributed by atoms with E-state index in [1.807, 2.05) is 0 Å². The molecule has 0 unspecified atom stereocenters. The summed E-state index contributed by atoms with van der Waals surface area (Å²) in [5.41, 5.74) is 6.05. The van der Waals surface area contributed by atoms with Crippen molar-refractivity contribution in [2.75, 3.05) is 16.6 Å². The third-order valence-electron chi connectivity index (χ3n) is 2.96. The van der Waals surface area contributed by atoms with Gasteiger partial charge in [-0.05, 0) is 53.2 Å². The number of para-hydroxylation sites is 1. The fraction of sp³-hybridized carbons (Fsp3) is 0.143. The minimum absolute atomic E-state index is 0.0153. The Morgan fingerprint density at radius 1 is 1.24 bits per heavy atom. The number of nitrogens with two attached hydrogens (primary N) is 1. The van der Waals surface area contributed by atoms with Gasteiger partial charge in [0.15, 0.2) is 0 Å². The van der Waals surface area contributed by atoms with Gasteiger partial charge in [-0.3, -0.25) is 4.31 Å². The standard InChI is InChI=1S/C14H14BrFN2O2S/c1-2-18(14-6-4-3-5-12(14)16)21(19,20)10-7-8-11(15)13(17)9-10/h3-9H,2,17H2,1H3. The molecule has 2 rings (SSSR count). The van der Waals surface area contributed by atoms with Crippen molar-refractivity contribution in [1.29, 1.82) is 0 Å². The minimum atomic E-state index is -3.87. The summed E-state index contributed by atoms with van der Waals surface area (Å²) in [5, 5.41) is 0. The van der Waals surface area contributed by atoms with Crippen LogP contribution in [-0.2, 0) is 10.0 Å². The van der Waals surface area contributed by atoms with Crippen LogP contribution >= 0.6 is 15.9 Å². The second-order valence-electron chi connectivity index (χ2n) is 4.30. The third kappa shape index (κ3) is 3.03. The van der Waals surface area contributed by atoms with Crippen LogP contribution in [0.25, 0.3) is 0 Å². The van der Waals surface area contributed by atoms with Gasteiger partial charge in [-0.2, -0.15) is 0 Å². The molecule has 2 aromatic rings. The summed E-state index contributed by atoms with van der Waals surface area (Å²) in [5.74, 6) is -0.590. The zero-order valence-corrected chi connectivity index (χ0v) is 13.7. The molecule has 0 amide bonds. The lowest BCUT2D eigenvalue weighted by Gasteiger charge is -2.23. The third-order valence-corrected chi connectivity index (χ3v) is 5.57. The van der Waals surface area contributed by atoms with E-state index in [0.29, 0.717) is 10.2 Å². The van der Waals surface area contributed by atoms with E-state index in [1.54, 1.807) is 19.1 Å². The number of anilines is 2. The number of hydrogen-bond donors (Lipinski definition) is 1. The Morgan fingerprint density at radius 3 is 2.48 bits per heavy atom. The smallest absolute Gasteiger partial charge is 0.264 e. The molecule has 0 aromatic heterocycles. The molecule has 0 saturated carbocycles. The Morgan fingerprint density at radius 2 is 1.90 bits per heavy atom. The highest BCUT2D eigenvalue weighted by Crippen LogP contribution is 2.29. The molecule has 0 bridgehead atoms. The molecule has 2 N–H and O–H groups in total. The van der Waals surface area contributed by atoms with Crippen LogP contribution < -0.4 is 10.0 Å². The van der Waals surface area contributed by atoms with Crippen molar-refractivity contribution < 1.29 is 12.8 Å². The van der Waals surface area contributed by atoms with Gasteiger partial charge in [0, 0.05) is 16.7 Å². The largest absolute Gasteiger partial charge is 0.398 e. The van der Waals surface area contributed by atoms with E-state index in [4.69, 9.17) is 5.73 Å². The summed E-state index contributed by atoms with van der Waals surface area (Å²) in [6, 6.07) is 10.1. The average molecular weight is 373 g/mol. The van der Waals surface area contributed by atoms with E-state index in [0.717, 1.165) is 4.31 Å². The zero-order valence-electron chi connectivity index (χ0n) is 11.3. The van der Waals surface area contributed by atoms with Gasteiger partial charge in [0.1, 0.15) is 5.82 Å². The van der Waals surface area contributed by atoms with Gasteiger partial charge >= 0.3 is 0 Å². The maximum absolute atomic E-state index is 13.9. The molecule has 0 fully saturated rings. The van der Waals surface area contributed by atoms with E-state index in [9.17, 15) is 12.8 Å². The van der Waals surface area contributed by atoms with Crippen molar-refractivity contribution in [3.8, 4) is 0 Å². The SMILES string of the molecule is CCN(c1ccccc1F)S(=O)(=O)c1ccc(Br)c(N)c1. The first-order chi connectivity index (χ1) is 9.87. The zero-order chi connectivity index (χ0) is 15.6. The van der Waals surface area contributed by atoms with E-state index in [2.05, 4.69) is 15.9 Å². The molecule has 21 heavy (non-hydrogen) atoms. The number of rotatable bonds is 4. The van der Waals surface area contributed by atoms with E-state index >= 15 is 0 Å². The van der Waals surface area contributed by atoms with Crippen molar-refractivity contribution in [2.24, 2.45) is 0 Å². The molecular formula is C14H14BrFN2O2S. The van der Waals surface area contributed by atoms with Crippen LogP contribution in [0.2, 0.25) is 0 Å². The van der Waals surface area contributed by atoms with Gasteiger partial charge < -0.3 is 5.73 Å². The molecule has 0 heterocycles. The topological polar surface area (TPSA) is 63.4 Å². The van der Waals surface area contributed by atoms with E-state index in [-0.39, 0.29) is 17.1 Å². The van der Waals surface area contributed by atoms with Crippen LogP contribution in [-0.4, -0.2) is 15.0 Å². The number of hydrogen-bond acceptors (Lipinski definition) is 3. The molecule has 0 saturated heterocycles. The predicted octanol–water partition coefficient (Wildman–Crippen LogP) is 3.39. The van der Waals surface area contributed by atoms with Gasteiger partial charge in [-0.25, -0.2) is 12.8 Å². The summed E-state index contributed by atoms with van der Waals surface area (Å²) in [7, 11) is -3.87. The molecular weight excluding hydrogens is 359 g/mol. The molecule has 4 nitrogen and oxygen atoms in total. The van der Waals surface area contributed by atoms with Crippen LogP contribution in [0.1, 0.15) is 6.92 Å². The summed E-state index contributed by atoms with van der Waals surface area (Å²) >= 11 is 3.21. The number of nitrogen functional groups attached to an aromatic ring is 1. The fourth-order valence-electron chi connectivity index (χ4n) is 1.93. The monoisotopic (exact) mass is 372 g/mol. The quantitative estimate of drug-likeness (QED) is 0.836. The van der Waals surface area contributed by atoms with Gasteiger partial charge in [-0.15, -0.1) is 0 Å². The second kappa shape index (κ2) is 6.03. The first-order valence-corrected chi connectivity index (χ1v) is 8.43. The molecule has 0 atom stereocenters. The normalized spacial score (nSPS) is 11.4. The Balaban J connectivity index is 2.55. The highest BCUT2D eigenvalue weighted by molar-refractivity contribution is 9.10. The van der Waals surface area contributed by atoms with Gasteiger partial charge in [0.2, 0.25) is 0 Å². The van der Waals surface area contributed by atoms with E-state index < -0.39 is 15.8 Å². The average Bonchev–Trinajstić information content (AvgIpc) is 2.44. The number of nitrogens with zero attached hydrogens (tertiary/aromatic N) is 1. The van der Waals surface area contributed by atoms with Crippen LogP contribution in [0.5, 0.6) is 0 Å². The Kier molecular flexibility index (Phi) is 4.53. The predicted molar refractivity (Wildman–Crippen MR) is 85.2 cm³/mol. The second-order valence-corrected chi connectivity index (χ2v) is 7.02. The molecule has 2 aromatic carbocycles. The lowest BCUT2D eigenvalue weighted by atomic mass is 10.3. The molecule has 0 spiro atoms. The van der Waals surface area contributed by atoms with Gasteiger partial charge in [0.05, 0.1) is 10.6 Å². The van der Waals surface area contributed by atoms with Crippen LogP contribution in [0.3, 0.4) is 0 Å². The Labute approximate surface area is 131 Å². The van der Waals surface area contributed by atoms with Crippen molar-refractivity contribution in [2.45, 2.75) is 11.8 Å². The van der Waals surface area contributed by atoms with Crippen LogP contribution in [0.15, 0.2) is 51.8 Å². The van der Waals surface area contributed by atoms with Crippen LogP contribution in [0, 0.1) is 5.82 Å². The van der Waals surface area contributed by atoms with Crippen molar-refractivity contribution >= 4 is 37.3 Å². The summed E-state index contributed by atoms with van der Waals surface area (Å²) in [6.07, 6.45) is 0. The van der Waals surface area contributed by atoms with Crippen molar-refractivity contribution in [3.05, 3.63) is 52.8 Å². The molecule has 0 aliphatic rings. The van der Waals surface area contributed by atoms with Crippen molar-refractivity contribution in [1.82, 2.24) is 0 Å². The van der Waals surface area contributed by atoms with Crippen molar-refractivity contribution in [3.63, 3.8) is 0 Å². The summed E-state index contributed by atoms with van der Waals surface area (Å²) < 4.78 is 40.8. The fourth-order valence-corrected chi connectivity index (χ4v) is 3.70. The maximum atomic E-state index is 13.9. The summed E-state index contributed by atoms with van der Waals surface area (Å²) in [6.45, 7) is 1.76. The Hall–Kier alpha value is -1.60. The molecule has 7 heteroatoms. The Bertz CT molecular complexity index is 765. The lowest BCUT2D eigenvalue weighted by molar-refractivity contribution is 0.586. The maximum Gasteiger partial charge on any atom is 0.264 e. The lowest BCUT2D eigenvalue weighted by Crippen LogP contribution is -2.31. The highest BCUT2D eigenvalue weighted by atomic mass is 79.9. The highest BCUT2D eigenvalue weighted by Gasteiger charge is 2.26. The van der Waals surface area contributed by atoms with E-state index in [1.165, 1.54) is 30.3 Å². The first kappa shape index (κ1) is 15.8. The number of sulfonamides is 1. The minimum Gasteiger partial charge on any atom is -0.398 e. The number of halogens is 2. The van der Waals surface area contributed by atoms with Gasteiger partial charge in [0.25, 0.3) is 10.0 Å². The molecule has 112 valence electrons. The van der Waals surface area contributed by atoms with Gasteiger partial charge in [-0.1, -0.05) is 12.1 Å². The summed E-state index contributed by atoms with van der Waals surface area (Å²) in [4.78, 5) is 0.0216. The molecule has 0 aliphatic carbocycles. The number of benzene rings is 2. The molecule has 0 radical (unpaired) electrons. The first-order valence-electron chi connectivity index (χ1n) is 6.20. The molecule has 0 aliphatic heterocycles.